The molecule has 9 heteroatoms. The van der Waals surface area contributed by atoms with Gasteiger partial charge in [0.05, 0.1) is 24.7 Å². The quantitative estimate of drug-likeness (QED) is 0.255. The summed E-state index contributed by atoms with van der Waals surface area (Å²) < 4.78 is 4.85. The largest absolute Gasteiger partial charge is 1.00 e. The molecule has 3 N–H and O–H groups in total. The second kappa shape index (κ2) is 9.78. The van der Waals surface area contributed by atoms with Crippen molar-refractivity contribution in [2.45, 2.75) is 77.4 Å². The third kappa shape index (κ3) is 4.35. The molecule has 0 spiro atoms. The zero-order valence-corrected chi connectivity index (χ0v) is 22.9. The number of carboxylic acids is 1. The number of Topliss-reactive ketones (excluding diaryl/α,β-unsaturated/α-hetero) is 1. The Balaban J connectivity index is 0.00000342. The molecule has 8 nitrogen and oxygen atoms in total. The molecule has 1 unspecified atom stereocenters. The van der Waals surface area contributed by atoms with Crippen LogP contribution in [0.2, 0.25) is 0 Å². The molecule has 7 atom stereocenters. The Morgan fingerprint density at radius 1 is 1.17 bits per heavy atom. The van der Waals surface area contributed by atoms with Gasteiger partial charge in [-0.25, -0.2) is 0 Å². The van der Waals surface area contributed by atoms with Crippen molar-refractivity contribution in [2.24, 2.45) is 28.6 Å². The number of ether oxygens (including phenoxy) is 1. The van der Waals surface area contributed by atoms with Crippen molar-refractivity contribution in [1.82, 2.24) is 0 Å². The van der Waals surface area contributed by atoms with E-state index in [1.54, 1.807) is 12.2 Å². The van der Waals surface area contributed by atoms with Crippen LogP contribution in [0.5, 0.6) is 0 Å². The first-order chi connectivity index (χ1) is 15.8. The number of carbonyl (C=O) groups excluding carboxylic acids is 3. The van der Waals surface area contributed by atoms with Crippen LogP contribution >= 0.6 is 0 Å². The summed E-state index contributed by atoms with van der Waals surface area (Å²) in [5.74, 6) is -2.82. The van der Waals surface area contributed by atoms with Crippen molar-refractivity contribution >= 4 is 23.5 Å². The van der Waals surface area contributed by atoms with Crippen LogP contribution in [-0.4, -0.2) is 50.5 Å². The van der Waals surface area contributed by atoms with E-state index in [9.17, 15) is 29.4 Å². The number of aliphatic hydroxyl groups excluding tert-OH is 1. The molecule has 0 bridgehead atoms. The molecule has 0 aromatic heterocycles. The number of hydrogen-bond donors (Lipinski definition) is 3. The van der Waals surface area contributed by atoms with Gasteiger partial charge in [-0.2, -0.15) is 6.61 Å². The van der Waals surface area contributed by atoms with Gasteiger partial charge in [-0.15, -0.1) is 0 Å². The molecule has 3 saturated carbocycles. The molecule has 4 aliphatic rings. The number of carboxylic acid groups (broad SMARTS) is 1. The van der Waals surface area contributed by atoms with Gasteiger partial charge in [0.15, 0.2) is 5.78 Å². The maximum atomic E-state index is 13.1. The van der Waals surface area contributed by atoms with Crippen molar-refractivity contribution in [3.8, 4) is 0 Å². The van der Waals surface area contributed by atoms with Crippen LogP contribution in [0, 0.1) is 35.2 Å². The zero-order valence-electron chi connectivity index (χ0n) is 20.9. The van der Waals surface area contributed by atoms with Crippen LogP contribution < -0.4 is 29.6 Å². The minimum atomic E-state index is -1.79. The van der Waals surface area contributed by atoms with E-state index < -0.39 is 46.7 Å². The van der Waals surface area contributed by atoms with Crippen LogP contribution in [0.3, 0.4) is 0 Å². The minimum absolute atomic E-state index is 0. The van der Waals surface area contributed by atoms with Crippen molar-refractivity contribution in [2.75, 3.05) is 0 Å². The van der Waals surface area contributed by atoms with Crippen LogP contribution in [0.1, 0.15) is 65.7 Å². The predicted molar refractivity (Wildman–Crippen MR) is 120 cm³/mol. The van der Waals surface area contributed by atoms with Crippen LogP contribution in [0.25, 0.3) is 0 Å². The van der Waals surface area contributed by atoms with Crippen molar-refractivity contribution in [3.05, 3.63) is 29.9 Å². The molecular formula is C26H33NaO8. The van der Waals surface area contributed by atoms with Gasteiger partial charge in [0, 0.05) is 16.7 Å². The second-order valence-electron chi connectivity index (χ2n) is 10.9. The molecule has 0 amide bonds. The molecule has 0 saturated heterocycles. The number of aliphatic carboxylic acids is 1. The van der Waals surface area contributed by atoms with Gasteiger partial charge in [0.2, 0.25) is 0 Å². The average Bonchev–Trinajstić information content (AvgIpc) is 3.02. The molecule has 0 aromatic carbocycles. The standard InChI is InChI=1S/C26H33O8.Na/c1-14-10-16(27)11-15-4-5-17-18-8-9-26(33,20(29)13-34-22(32)7-6-21(30)31)24(18,2)12-19(28)23(17)25(14,15)3;/h10-11,13,17-19,23,28,33H,4-9,12H2,1-3H3,(H,30,31);/q-1;+1/t17-,18-,19?,23+,24-,25-,26-;/m0./s1. The first kappa shape index (κ1) is 28.1. The minimum Gasteiger partial charge on any atom is -0.610 e. The first-order valence-electron chi connectivity index (χ1n) is 12.0. The topological polar surface area (TPSA) is 138 Å². The smallest absolute Gasteiger partial charge is 0.610 e. The van der Waals surface area contributed by atoms with Gasteiger partial charge < -0.3 is 24.9 Å². The summed E-state index contributed by atoms with van der Waals surface area (Å²) in [4.78, 5) is 47.6. The summed E-state index contributed by atoms with van der Waals surface area (Å²) in [7, 11) is 0. The van der Waals surface area contributed by atoms with Gasteiger partial charge in [-0.05, 0) is 63.0 Å². The third-order valence-electron chi connectivity index (χ3n) is 9.43. The Bertz CT molecular complexity index is 1000. The number of fused-ring (bicyclic) bond motifs is 5. The molecule has 0 heterocycles. The van der Waals surface area contributed by atoms with E-state index >= 15 is 0 Å². The number of esters is 1. The molecule has 35 heavy (non-hydrogen) atoms. The van der Waals surface area contributed by atoms with Crippen molar-refractivity contribution < 1.29 is 68.8 Å². The number of rotatable bonds is 6. The molecule has 4 rings (SSSR count). The zero-order chi connectivity index (χ0) is 25.1. The van der Waals surface area contributed by atoms with Gasteiger partial charge in [-0.1, -0.05) is 25.0 Å². The fourth-order valence-electron chi connectivity index (χ4n) is 7.57. The maximum Gasteiger partial charge on any atom is 1.00 e. The predicted octanol–water partition coefficient (Wildman–Crippen LogP) is -0.471. The first-order valence-corrected chi connectivity index (χ1v) is 12.0. The van der Waals surface area contributed by atoms with E-state index in [0.717, 1.165) is 24.0 Å². The monoisotopic (exact) mass is 496 g/mol. The Morgan fingerprint density at radius 2 is 1.86 bits per heavy atom. The second-order valence-corrected chi connectivity index (χ2v) is 10.9. The molecule has 4 aliphatic carbocycles. The number of allylic oxidation sites excluding steroid dienone is 4. The third-order valence-corrected chi connectivity index (χ3v) is 9.43. The Kier molecular flexibility index (Phi) is 7.86. The molecule has 0 aliphatic heterocycles. The number of ketones is 2. The van der Waals surface area contributed by atoms with Crippen molar-refractivity contribution in [1.29, 1.82) is 0 Å². The van der Waals surface area contributed by atoms with E-state index in [1.165, 1.54) is 0 Å². The Labute approximate surface area is 227 Å². The van der Waals surface area contributed by atoms with Gasteiger partial charge >= 0.3 is 35.5 Å². The maximum absolute atomic E-state index is 13.1. The summed E-state index contributed by atoms with van der Waals surface area (Å²) in [5, 5.41) is 31.7. The number of aliphatic hydroxyl groups is 2. The summed E-state index contributed by atoms with van der Waals surface area (Å²) in [6.45, 7) is 6.58. The van der Waals surface area contributed by atoms with Crippen molar-refractivity contribution in [3.63, 3.8) is 0 Å². The fraction of sp³-hybridized carbons (Fsp3) is 0.654. The van der Waals surface area contributed by atoms with Gasteiger partial charge in [-0.3, -0.25) is 14.4 Å². The Hall–Kier alpha value is -1.45. The van der Waals surface area contributed by atoms with Crippen LogP contribution in [0.4, 0.5) is 0 Å². The van der Waals surface area contributed by atoms with Crippen LogP contribution in [0.15, 0.2) is 23.3 Å². The average molecular weight is 497 g/mol. The molecule has 0 radical (unpaired) electrons. The van der Waals surface area contributed by atoms with E-state index in [0.29, 0.717) is 13.0 Å². The number of hydrogen-bond acceptors (Lipinski definition) is 7. The van der Waals surface area contributed by atoms with E-state index in [4.69, 9.17) is 9.84 Å². The summed E-state index contributed by atoms with van der Waals surface area (Å²) >= 11 is 0. The summed E-state index contributed by atoms with van der Waals surface area (Å²) in [6, 6.07) is 0. The summed E-state index contributed by atoms with van der Waals surface area (Å²) in [5.41, 5.74) is -1.14. The fourth-order valence-corrected chi connectivity index (χ4v) is 7.57. The molecule has 186 valence electrons. The summed E-state index contributed by atoms with van der Waals surface area (Å²) in [6.07, 6.45) is 4.29. The number of carbonyl (C=O) groups is 4. The molecule has 3 fully saturated rings. The Morgan fingerprint density at radius 3 is 2.51 bits per heavy atom. The van der Waals surface area contributed by atoms with Gasteiger partial charge in [0.1, 0.15) is 5.60 Å². The van der Waals surface area contributed by atoms with E-state index in [2.05, 4.69) is 6.92 Å². The molecule has 0 aromatic rings. The van der Waals surface area contributed by atoms with E-state index in [-0.39, 0.29) is 72.4 Å². The van der Waals surface area contributed by atoms with Crippen LogP contribution in [-0.2, 0) is 23.9 Å². The SMILES string of the molecule is CC1=CC(=O)C=C2CC[C@@H]3[C@H](C(O)C[C@@]4(C)[C@H]3CC[C@]4(O)C(=O)[CH-]OC(=O)CCC(=O)O)[C@@]12C.[Na+]. The normalized spacial score (nSPS) is 39.6. The van der Waals surface area contributed by atoms with Gasteiger partial charge in [0.25, 0.3) is 5.97 Å². The molecular weight excluding hydrogens is 463 g/mol. The van der Waals surface area contributed by atoms with E-state index in [1.807, 2.05) is 13.8 Å².